The Labute approximate surface area is 87.9 Å². The highest BCUT2D eigenvalue weighted by atomic mass is 16.3. The van der Waals surface area contributed by atoms with Crippen LogP contribution in [0.15, 0.2) is 0 Å². The van der Waals surface area contributed by atoms with Crippen LogP contribution in [-0.2, 0) is 0 Å². The van der Waals surface area contributed by atoms with Gasteiger partial charge in [0.25, 0.3) is 0 Å². The quantitative estimate of drug-likeness (QED) is 0.685. The second kappa shape index (κ2) is 4.84. The third-order valence-corrected chi connectivity index (χ3v) is 3.55. The highest BCUT2D eigenvalue weighted by Crippen LogP contribution is 2.45. The first kappa shape index (κ1) is 11.6. The van der Waals surface area contributed by atoms with Gasteiger partial charge in [0.15, 0.2) is 0 Å². The van der Waals surface area contributed by atoms with Gasteiger partial charge >= 0.3 is 0 Å². The van der Waals surface area contributed by atoms with Gasteiger partial charge < -0.3 is 5.11 Å². The van der Waals surface area contributed by atoms with Crippen LogP contribution in [0.2, 0.25) is 0 Å². The summed E-state index contributed by atoms with van der Waals surface area (Å²) in [5.41, 5.74) is 0.332. The third kappa shape index (κ3) is 2.75. The topological polar surface area (TPSA) is 20.2 Å². The van der Waals surface area contributed by atoms with Crippen LogP contribution in [0.25, 0.3) is 0 Å². The van der Waals surface area contributed by atoms with Crippen LogP contribution >= 0.6 is 0 Å². The Morgan fingerprint density at radius 1 is 1.50 bits per heavy atom. The molecule has 1 aliphatic carbocycles. The van der Waals surface area contributed by atoms with Gasteiger partial charge in [0.1, 0.15) is 0 Å². The molecule has 2 atom stereocenters. The third-order valence-electron chi connectivity index (χ3n) is 3.55. The number of rotatable bonds is 3. The number of hydrogen-bond donors (Lipinski definition) is 1. The van der Waals surface area contributed by atoms with Crippen molar-refractivity contribution in [2.45, 2.75) is 59.0 Å². The summed E-state index contributed by atoms with van der Waals surface area (Å²) in [5.74, 6) is 6.38. The van der Waals surface area contributed by atoms with Crippen LogP contribution < -0.4 is 0 Å². The zero-order valence-corrected chi connectivity index (χ0v) is 9.64. The number of aliphatic hydroxyl groups excluding tert-OH is 1. The van der Waals surface area contributed by atoms with E-state index in [1.165, 1.54) is 19.3 Å². The average Bonchev–Trinajstić information content (AvgIpc) is 2.45. The molecule has 14 heavy (non-hydrogen) atoms. The van der Waals surface area contributed by atoms with Crippen LogP contribution in [0.1, 0.15) is 52.9 Å². The van der Waals surface area contributed by atoms with Crippen molar-refractivity contribution in [3.63, 3.8) is 0 Å². The van der Waals surface area contributed by atoms with Gasteiger partial charge in [-0.3, -0.25) is 0 Å². The van der Waals surface area contributed by atoms with E-state index in [1.54, 1.807) is 0 Å². The first-order chi connectivity index (χ1) is 6.58. The van der Waals surface area contributed by atoms with E-state index in [-0.39, 0.29) is 6.10 Å². The molecule has 0 aliphatic heterocycles. The molecule has 1 fully saturated rings. The normalized spacial score (nSPS) is 26.7. The molecule has 0 aromatic heterocycles. The van der Waals surface area contributed by atoms with E-state index >= 15 is 0 Å². The molecule has 0 saturated heterocycles. The highest BCUT2D eigenvalue weighted by molar-refractivity contribution is 4.96. The Morgan fingerprint density at radius 3 is 2.71 bits per heavy atom. The van der Waals surface area contributed by atoms with E-state index in [0.717, 1.165) is 12.8 Å². The second-order valence-corrected chi connectivity index (χ2v) is 5.02. The Balaban J connectivity index is 2.42. The molecule has 80 valence electrons. The minimum Gasteiger partial charge on any atom is -0.393 e. The van der Waals surface area contributed by atoms with Crippen molar-refractivity contribution >= 4 is 0 Å². The molecule has 1 saturated carbocycles. The molecule has 0 amide bonds. The van der Waals surface area contributed by atoms with Gasteiger partial charge in [-0.25, -0.2) is 0 Å². The lowest BCUT2D eigenvalue weighted by Gasteiger charge is -2.30. The molecule has 1 aliphatic rings. The lowest BCUT2D eigenvalue weighted by Crippen LogP contribution is -2.29. The number of aliphatic hydroxyl groups is 1. The molecule has 0 radical (unpaired) electrons. The maximum Gasteiger partial charge on any atom is 0.0582 e. The van der Waals surface area contributed by atoms with Gasteiger partial charge in [-0.1, -0.05) is 20.3 Å². The fourth-order valence-electron chi connectivity index (χ4n) is 2.61. The SMILES string of the molecule is CC#CCCC(O)C1CCCC1(C)C. The van der Waals surface area contributed by atoms with E-state index in [1.807, 2.05) is 6.92 Å². The standard InChI is InChI=1S/C13H22O/c1-4-5-6-9-12(14)11-8-7-10-13(11,2)3/h11-12,14H,6-10H2,1-3H3. The van der Waals surface area contributed by atoms with E-state index in [9.17, 15) is 5.11 Å². The van der Waals surface area contributed by atoms with Crippen molar-refractivity contribution in [3.05, 3.63) is 0 Å². The Bertz CT molecular complexity index is 231. The molecule has 0 heterocycles. The first-order valence-electron chi connectivity index (χ1n) is 5.65. The van der Waals surface area contributed by atoms with Gasteiger partial charge in [0, 0.05) is 6.42 Å². The first-order valence-corrected chi connectivity index (χ1v) is 5.65. The van der Waals surface area contributed by atoms with Crippen LogP contribution in [0, 0.1) is 23.2 Å². The molecule has 1 N–H and O–H groups in total. The van der Waals surface area contributed by atoms with Gasteiger partial charge in [0.2, 0.25) is 0 Å². The molecule has 0 bridgehead atoms. The molecule has 1 heteroatoms. The van der Waals surface area contributed by atoms with Crippen LogP contribution in [0.4, 0.5) is 0 Å². The minimum atomic E-state index is -0.145. The van der Waals surface area contributed by atoms with Crippen molar-refractivity contribution in [3.8, 4) is 11.8 Å². The summed E-state index contributed by atoms with van der Waals surface area (Å²) in [6.07, 6.45) is 5.25. The molecule has 2 unspecified atom stereocenters. The van der Waals surface area contributed by atoms with Crippen molar-refractivity contribution in [2.75, 3.05) is 0 Å². The molecular weight excluding hydrogens is 172 g/mol. The van der Waals surface area contributed by atoms with Crippen LogP contribution in [0.5, 0.6) is 0 Å². The molecule has 1 nitrogen and oxygen atoms in total. The highest BCUT2D eigenvalue weighted by Gasteiger charge is 2.38. The fourth-order valence-corrected chi connectivity index (χ4v) is 2.61. The van der Waals surface area contributed by atoms with Crippen molar-refractivity contribution in [2.24, 2.45) is 11.3 Å². The smallest absolute Gasteiger partial charge is 0.0582 e. The van der Waals surface area contributed by atoms with Gasteiger partial charge in [-0.05, 0) is 37.5 Å². The molecule has 0 aromatic rings. The lowest BCUT2D eigenvalue weighted by molar-refractivity contribution is 0.0487. The number of hydrogen-bond acceptors (Lipinski definition) is 1. The summed E-state index contributed by atoms with van der Waals surface area (Å²) in [4.78, 5) is 0. The zero-order chi connectivity index (χ0) is 10.6. The fraction of sp³-hybridized carbons (Fsp3) is 0.846. The average molecular weight is 194 g/mol. The Hall–Kier alpha value is -0.480. The molecule has 0 spiro atoms. The van der Waals surface area contributed by atoms with Crippen LogP contribution in [-0.4, -0.2) is 11.2 Å². The predicted molar refractivity (Wildman–Crippen MR) is 59.8 cm³/mol. The van der Waals surface area contributed by atoms with E-state index in [2.05, 4.69) is 25.7 Å². The summed E-state index contributed by atoms with van der Waals surface area (Å²) in [5, 5.41) is 10.0. The second-order valence-electron chi connectivity index (χ2n) is 5.02. The van der Waals surface area contributed by atoms with Crippen LogP contribution in [0.3, 0.4) is 0 Å². The maximum atomic E-state index is 10.0. The van der Waals surface area contributed by atoms with Gasteiger partial charge in [-0.2, -0.15) is 0 Å². The summed E-state index contributed by atoms with van der Waals surface area (Å²) in [6, 6.07) is 0. The molecule has 1 rings (SSSR count). The van der Waals surface area contributed by atoms with E-state index < -0.39 is 0 Å². The summed E-state index contributed by atoms with van der Waals surface area (Å²) in [6.45, 7) is 6.41. The molecule has 0 aromatic carbocycles. The van der Waals surface area contributed by atoms with Gasteiger partial charge in [-0.15, -0.1) is 11.8 Å². The predicted octanol–water partition coefficient (Wildman–Crippen LogP) is 2.98. The van der Waals surface area contributed by atoms with Crippen molar-refractivity contribution in [1.82, 2.24) is 0 Å². The van der Waals surface area contributed by atoms with Crippen molar-refractivity contribution in [1.29, 1.82) is 0 Å². The summed E-state index contributed by atoms with van der Waals surface area (Å²) in [7, 11) is 0. The van der Waals surface area contributed by atoms with Gasteiger partial charge in [0.05, 0.1) is 6.10 Å². The lowest BCUT2D eigenvalue weighted by atomic mass is 9.77. The zero-order valence-electron chi connectivity index (χ0n) is 9.64. The van der Waals surface area contributed by atoms with E-state index in [4.69, 9.17) is 0 Å². The monoisotopic (exact) mass is 194 g/mol. The molecular formula is C13H22O. The maximum absolute atomic E-state index is 10.0. The largest absolute Gasteiger partial charge is 0.393 e. The van der Waals surface area contributed by atoms with Crippen molar-refractivity contribution < 1.29 is 5.11 Å². The minimum absolute atomic E-state index is 0.145. The summed E-state index contributed by atoms with van der Waals surface area (Å²) < 4.78 is 0. The Kier molecular flexibility index (Phi) is 4.01. The Morgan fingerprint density at radius 2 is 2.21 bits per heavy atom. The van der Waals surface area contributed by atoms with E-state index in [0.29, 0.717) is 11.3 Å². The summed E-state index contributed by atoms with van der Waals surface area (Å²) >= 11 is 0.